The highest BCUT2D eigenvalue weighted by atomic mass is 79.9. The molecule has 3 heterocycles. The van der Waals surface area contributed by atoms with Crippen LogP contribution in [0.1, 0.15) is 6.92 Å². The van der Waals surface area contributed by atoms with Gasteiger partial charge in [-0.2, -0.15) is 4.98 Å². The molecule has 0 radical (unpaired) electrons. The van der Waals surface area contributed by atoms with Crippen molar-refractivity contribution in [1.82, 2.24) is 25.5 Å². The number of aromatic nitrogens is 4. The number of hydrogen-bond acceptors (Lipinski definition) is 5. The molecule has 1 saturated heterocycles. The second kappa shape index (κ2) is 5.26. The van der Waals surface area contributed by atoms with E-state index in [1.807, 2.05) is 6.07 Å². The summed E-state index contributed by atoms with van der Waals surface area (Å²) in [5.41, 5.74) is 0.927. The van der Waals surface area contributed by atoms with Gasteiger partial charge in [-0.05, 0) is 28.9 Å². The number of hydrogen-bond donors (Lipinski definition) is 2. The first-order chi connectivity index (χ1) is 9.22. The summed E-state index contributed by atoms with van der Waals surface area (Å²) in [6.07, 6.45) is 3.52. The standard InChI is InChI=1S/C12H15BrN6/c1-8-7-19(3-2-15-8)12-16-11(17-18-12)9-4-10(13)6-14-5-9/h4-6,8,15H,2-3,7H2,1H3,(H,16,17,18)/t8-/m1/s1. The molecule has 2 aromatic heterocycles. The number of rotatable bonds is 2. The molecule has 6 nitrogen and oxygen atoms in total. The van der Waals surface area contributed by atoms with Crippen molar-refractivity contribution in [2.75, 3.05) is 24.5 Å². The number of anilines is 1. The van der Waals surface area contributed by atoms with Crippen LogP contribution in [-0.2, 0) is 0 Å². The minimum atomic E-state index is 0.461. The monoisotopic (exact) mass is 322 g/mol. The van der Waals surface area contributed by atoms with Crippen LogP contribution in [0.5, 0.6) is 0 Å². The first kappa shape index (κ1) is 12.6. The third kappa shape index (κ3) is 2.76. The van der Waals surface area contributed by atoms with Gasteiger partial charge in [-0.25, -0.2) is 0 Å². The van der Waals surface area contributed by atoms with Crippen LogP contribution in [0.4, 0.5) is 5.95 Å². The summed E-state index contributed by atoms with van der Waals surface area (Å²) in [6, 6.07) is 2.43. The van der Waals surface area contributed by atoms with Crippen molar-refractivity contribution in [1.29, 1.82) is 0 Å². The molecule has 3 rings (SSSR count). The Hall–Kier alpha value is -1.47. The smallest absolute Gasteiger partial charge is 0.245 e. The second-order valence-corrected chi connectivity index (χ2v) is 5.59. The maximum Gasteiger partial charge on any atom is 0.245 e. The lowest BCUT2D eigenvalue weighted by Gasteiger charge is -2.30. The summed E-state index contributed by atoms with van der Waals surface area (Å²) in [5, 5.41) is 10.7. The highest BCUT2D eigenvalue weighted by Crippen LogP contribution is 2.20. The van der Waals surface area contributed by atoms with Crippen LogP contribution in [0, 0.1) is 0 Å². The fraction of sp³-hybridized carbons (Fsp3) is 0.417. The van der Waals surface area contributed by atoms with Gasteiger partial charge in [0.2, 0.25) is 5.95 Å². The van der Waals surface area contributed by atoms with Crippen LogP contribution in [0.3, 0.4) is 0 Å². The number of pyridine rings is 1. The molecule has 7 heteroatoms. The van der Waals surface area contributed by atoms with Crippen LogP contribution < -0.4 is 10.2 Å². The first-order valence-corrected chi connectivity index (χ1v) is 7.03. The fourth-order valence-corrected chi connectivity index (χ4v) is 2.54. The van der Waals surface area contributed by atoms with Gasteiger partial charge in [0, 0.05) is 48.1 Å². The zero-order valence-corrected chi connectivity index (χ0v) is 12.2. The van der Waals surface area contributed by atoms with E-state index in [1.165, 1.54) is 0 Å². The predicted molar refractivity (Wildman–Crippen MR) is 77.0 cm³/mol. The Balaban J connectivity index is 1.83. The van der Waals surface area contributed by atoms with Gasteiger partial charge < -0.3 is 10.2 Å². The highest BCUT2D eigenvalue weighted by molar-refractivity contribution is 9.10. The molecular weight excluding hydrogens is 308 g/mol. The molecule has 1 aliphatic rings. The Labute approximate surface area is 119 Å². The number of nitrogens with one attached hydrogen (secondary N) is 2. The molecule has 0 bridgehead atoms. The SMILES string of the molecule is C[C@@H]1CN(c2n[nH]c(-c3cncc(Br)c3)n2)CCN1. The van der Waals surface area contributed by atoms with Crippen molar-refractivity contribution < 1.29 is 0 Å². The largest absolute Gasteiger partial charge is 0.337 e. The second-order valence-electron chi connectivity index (χ2n) is 4.68. The Morgan fingerprint density at radius 2 is 2.32 bits per heavy atom. The van der Waals surface area contributed by atoms with Crippen molar-refractivity contribution in [3.63, 3.8) is 0 Å². The van der Waals surface area contributed by atoms with E-state index in [2.05, 4.69) is 53.2 Å². The lowest BCUT2D eigenvalue weighted by atomic mass is 10.2. The zero-order chi connectivity index (χ0) is 13.2. The van der Waals surface area contributed by atoms with Gasteiger partial charge >= 0.3 is 0 Å². The predicted octanol–water partition coefficient (Wildman–Crippen LogP) is 1.43. The maximum absolute atomic E-state index is 4.55. The van der Waals surface area contributed by atoms with Crippen LogP contribution in [0.2, 0.25) is 0 Å². The molecule has 2 N–H and O–H groups in total. The Morgan fingerprint density at radius 3 is 3.11 bits per heavy atom. The molecule has 0 amide bonds. The van der Waals surface area contributed by atoms with E-state index in [-0.39, 0.29) is 0 Å². The fourth-order valence-electron chi connectivity index (χ4n) is 2.18. The topological polar surface area (TPSA) is 69.7 Å². The molecule has 100 valence electrons. The summed E-state index contributed by atoms with van der Waals surface area (Å²) in [7, 11) is 0. The van der Waals surface area contributed by atoms with Crippen molar-refractivity contribution in [3.05, 3.63) is 22.9 Å². The molecule has 0 unspecified atom stereocenters. The lowest BCUT2D eigenvalue weighted by Crippen LogP contribution is -2.49. The normalized spacial score (nSPS) is 19.7. The van der Waals surface area contributed by atoms with E-state index < -0.39 is 0 Å². The number of piperazine rings is 1. The average molecular weight is 323 g/mol. The van der Waals surface area contributed by atoms with Gasteiger partial charge in [-0.1, -0.05) is 0 Å². The quantitative estimate of drug-likeness (QED) is 0.875. The van der Waals surface area contributed by atoms with Crippen LogP contribution in [0.15, 0.2) is 22.9 Å². The van der Waals surface area contributed by atoms with Crippen molar-refractivity contribution in [2.45, 2.75) is 13.0 Å². The summed E-state index contributed by atoms with van der Waals surface area (Å²) >= 11 is 3.41. The van der Waals surface area contributed by atoms with E-state index in [9.17, 15) is 0 Å². The average Bonchev–Trinajstić information content (AvgIpc) is 2.88. The summed E-state index contributed by atoms with van der Waals surface area (Å²) in [6.45, 7) is 4.98. The van der Waals surface area contributed by atoms with Gasteiger partial charge in [0.05, 0.1) is 0 Å². The van der Waals surface area contributed by atoms with Crippen molar-refractivity contribution in [2.24, 2.45) is 0 Å². The molecule has 0 aromatic carbocycles. The number of aromatic amines is 1. The van der Waals surface area contributed by atoms with E-state index in [1.54, 1.807) is 12.4 Å². The molecule has 1 fully saturated rings. The zero-order valence-electron chi connectivity index (χ0n) is 10.6. The molecule has 0 aliphatic carbocycles. The van der Waals surface area contributed by atoms with Crippen LogP contribution in [-0.4, -0.2) is 45.8 Å². The number of halogens is 1. The van der Waals surface area contributed by atoms with Gasteiger partial charge in [0.1, 0.15) is 0 Å². The van der Waals surface area contributed by atoms with Gasteiger partial charge in [0.25, 0.3) is 0 Å². The minimum absolute atomic E-state index is 0.461. The molecule has 19 heavy (non-hydrogen) atoms. The van der Waals surface area contributed by atoms with E-state index in [4.69, 9.17) is 0 Å². The molecule has 1 aliphatic heterocycles. The Bertz CT molecular complexity index is 569. The number of H-pyrrole nitrogens is 1. The maximum atomic E-state index is 4.55. The van der Waals surface area contributed by atoms with Crippen molar-refractivity contribution in [3.8, 4) is 11.4 Å². The van der Waals surface area contributed by atoms with Gasteiger partial charge in [-0.15, -0.1) is 5.10 Å². The molecule has 2 aromatic rings. The Morgan fingerprint density at radius 1 is 1.42 bits per heavy atom. The molecular formula is C12H15BrN6. The third-order valence-electron chi connectivity index (χ3n) is 3.10. The van der Waals surface area contributed by atoms with Crippen LogP contribution >= 0.6 is 15.9 Å². The van der Waals surface area contributed by atoms with Gasteiger partial charge in [0.15, 0.2) is 5.82 Å². The number of nitrogens with zero attached hydrogens (tertiary/aromatic N) is 4. The van der Waals surface area contributed by atoms with Crippen LogP contribution in [0.25, 0.3) is 11.4 Å². The third-order valence-corrected chi connectivity index (χ3v) is 3.54. The van der Waals surface area contributed by atoms with E-state index >= 15 is 0 Å². The van der Waals surface area contributed by atoms with E-state index in [0.29, 0.717) is 6.04 Å². The summed E-state index contributed by atoms with van der Waals surface area (Å²) in [5.74, 6) is 1.50. The molecule has 1 atom stereocenters. The Kier molecular flexibility index (Phi) is 3.48. The van der Waals surface area contributed by atoms with Gasteiger partial charge in [-0.3, -0.25) is 10.1 Å². The highest BCUT2D eigenvalue weighted by Gasteiger charge is 2.19. The van der Waals surface area contributed by atoms with Crippen molar-refractivity contribution >= 4 is 21.9 Å². The lowest BCUT2D eigenvalue weighted by molar-refractivity contribution is 0.480. The summed E-state index contributed by atoms with van der Waals surface area (Å²) in [4.78, 5) is 10.9. The molecule has 0 saturated carbocycles. The minimum Gasteiger partial charge on any atom is -0.337 e. The first-order valence-electron chi connectivity index (χ1n) is 6.24. The molecule has 0 spiro atoms. The summed E-state index contributed by atoms with van der Waals surface area (Å²) < 4.78 is 0.929. The van der Waals surface area contributed by atoms with E-state index in [0.717, 1.165) is 41.4 Å².